The van der Waals surface area contributed by atoms with E-state index in [2.05, 4.69) is 5.32 Å². The van der Waals surface area contributed by atoms with Crippen molar-refractivity contribution in [2.24, 2.45) is 10.9 Å². The molecule has 5 rings (SSSR count). The maximum Gasteiger partial charge on any atom is 0.326 e. The lowest BCUT2D eigenvalue weighted by atomic mass is 9.93. The van der Waals surface area contributed by atoms with Gasteiger partial charge in [-0.05, 0) is 73.4 Å². The summed E-state index contributed by atoms with van der Waals surface area (Å²) in [6, 6.07) is 17.7. The number of amides is 3. The van der Waals surface area contributed by atoms with Gasteiger partial charge in [-0.3, -0.25) is 19.6 Å². The van der Waals surface area contributed by atoms with E-state index < -0.39 is 22.1 Å². The number of ether oxygens (including phenoxy) is 2. The number of sulfonamides is 1. The molecule has 3 aromatic carbocycles. The Labute approximate surface area is 329 Å². The second-order valence-electron chi connectivity index (χ2n) is 14.1. The summed E-state index contributed by atoms with van der Waals surface area (Å²) in [5.41, 5.74) is 1.97. The molecule has 1 N–H and O–H groups in total. The number of methoxy groups -OCH3 is 1. The first-order valence-electron chi connectivity index (χ1n) is 18.1. The largest absolute Gasteiger partial charge is 0.493 e. The fraction of sp³-hybridized carbons (Fsp3) is 0.462. The number of benzene rings is 3. The molecule has 3 unspecified atom stereocenters. The second kappa shape index (κ2) is 18.3. The van der Waals surface area contributed by atoms with Crippen LogP contribution < -0.4 is 10.1 Å². The molecule has 0 aliphatic carbocycles. The average molecular weight is 802 g/mol. The fourth-order valence-corrected chi connectivity index (χ4v) is 8.45. The first kappa shape index (κ1) is 41.4. The molecular weight excluding hydrogens is 751 g/mol. The van der Waals surface area contributed by atoms with Gasteiger partial charge in [-0.15, -0.1) is 0 Å². The SMILES string of the molecule is CCOc1ccc(S(=O)(=O)N(C)CC(C)C)cc1C1=NC(c2ccc(Cl)cc2)C(c2ccc(Cl)cc2)N1C(=O)N1CCN(CC(=O)NC(C)COC)CC1. The predicted octanol–water partition coefficient (Wildman–Crippen LogP) is 6.10. The summed E-state index contributed by atoms with van der Waals surface area (Å²) < 4.78 is 40.4. The Kier molecular flexibility index (Phi) is 14.0. The molecule has 2 aliphatic heterocycles. The number of rotatable bonds is 14. The Morgan fingerprint density at radius 3 is 2.13 bits per heavy atom. The number of aliphatic imine (C=N–C) groups is 1. The highest BCUT2D eigenvalue weighted by molar-refractivity contribution is 7.89. The molecule has 0 spiro atoms. The van der Waals surface area contributed by atoms with Gasteiger partial charge < -0.3 is 19.7 Å². The van der Waals surface area contributed by atoms with Crippen molar-refractivity contribution in [1.29, 1.82) is 0 Å². The lowest BCUT2D eigenvalue weighted by Crippen LogP contribution is -2.55. The first-order chi connectivity index (χ1) is 25.7. The number of hydrogen-bond acceptors (Lipinski definition) is 8. The van der Waals surface area contributed by atoms with Crippen molar-refractivity contribution in [3.8, 4) is 5.75 Å². The van der Waals surface area contributed by atoms with E-state index in [4.69, 9.17) is 37.7 Å². The van der Waals surface area contributed by atoms with E-state index in [1.807, 2.05) is 56.9 Å². The third-order valence-electron chi connectivity index (χ3n) is 9.35. The zero-order chi connectivity index (χ0) is 39.2. The smallest absolute Gasteiger partial charge is 0.326 e. The zero-order valence-corrected chi connectivity index (χ0v) is 34.0. The number of piperazine rings is 1. The van der Waals surface area contributed by atoms with Gasteiger partial charge in [0.1, 0.15) is 17.6 Å². The molecule has 2 heterocycles. The molecular formula is C39H50Cl2N6O6S. The highest BCUT2D eigenvalue weighted by Crippen LogP contribution is 2.46. The van der Waals surface area contributed by atoms with Crippen molar-refractivity contribution in [1.82, 2.24) is 24.3 Å². The summed E-state index contributed by atoms with van der Waals surface area (Å²) in [6.07, 6.45) is 0. The summed E-state index contributed by atoms with van der Waals surface area (Å²) in [5.74, 6) is 0.665. The van der Waals surface area contributed by atoms with Gasteiger partial charge in [-0.1, -0.05) is 61.3 Å². The van der Waals surface area contributed by atoms with Crippen LogP contribution in [-0.2, 0) is 19.6 Å². The summed E-state index contributed by atoms with van der Waals surface area (Å²) in [4.78, 5) is 38.5. The average Bonchev–Trinajstić information content (AvgIpc) is 3.52. The highest BCUT2D eigenvalue weighted by Gasteiger charge is 2.45. The van der Waals surface area contributed by atoms with E-state index in [1.165, 1.54) is 10.4 Å². The van der Waals surface area contributed by atoms with E-state index in [0.717, 1.165) is 11.1 Å². The Morgan fingerprint density at radius 1 is 0.944 bits per heavy atom. The molecule has 292 valence electrons. The van der Waals surface area contributed by atoms with Crippen molar-refractivity contribution in [2.45, 2.75) is 50.7 Å². The van der Waals surface area contributed by atoms with Crippen LogP contribution in [0.25, 0.3) is 0 Å². The topological polar surface area (TPSA) is 124 Å². The standard InChI is InChI=1S/C39H50Cl2N6O6S/c1-7-53-34-17-16-32(54(50,51)44(5)23-26(2)3)22-33(34)38-43-36(28-8-12-30(40)13-9-28)37(29-10-14-31(41)15-11-29)47(38)39(49)46-20-18-45(19-21-46)24-35(48)42-27(4)25-52-6/h8-17,22,26-27,36-37H,7,18-21,23-25H2,1-6H3,(H,42,48). The van der Waals surface area contributed by atoms with Crippen molar-refractivity contribution in [3.63, 3.8) is 0 Å². The second-order valence-corrected chi connectivity index (χ2v) is 17.0. The van der Waals surface area contributed by atoms with Crippen molar-refractivity contribution >= 4 is 51.0 Å². The van der Waals surface area contributed by atoms with Gasteiger partial charge in [-0.2, -0.15) is 0 Å². The molecule has 0 aromatic heterocycles. The Morgan fingerprint density at radius 2 is 1.56 bits per heavy atom. The molecule has 3 atom stereocenters. The minimum Gasteiger partial charge on any atom is -0.493 e. The van der Waals surface area contributed by atoms with Crippen LogP contribution in [0.1, 0.15) is 56.5 Å². The van der Waals surface area contributed by atoms with Gasteiger partial charge in [-0.25, -0.2) is 17.5 Å². The van der Waals surface area contributed by atoms with Gasteiger partial charge >= 0.3 is 6.03 Å². The number of hydrogen-bond donors (Lipinski definition) is 1. The number of halogens is 2. The number of carbonyl (C=O) groups is 2. The Balaban J connectivity index is 1.59. The number of urea groups is 1. The summed E-state index contributed by atoms with van der Waals surface area (Å²) in [7, 11) is -0.759. The molecule has 0 bridgehead atoms. The lowest BCUT2D eigenvalue weighted by Gasteiger charge is -2.39. The van der Waals surface area contributed by atoms with Gasteiger partial charge in [0, 0.05) is 63.0 Å². The van der Waals surface area contributed by atoms with Crippen LogP contribution in [-0.4, -0.2) is 118 Å². The minimum atomic E-state index is -3.91. The first-order valence-corrected chi connectivity index (χ1v) is 20.3. The summed E-state index contributed by atoms with van der Waals surface area (Å²) in [6.45, 7) is 10.5. The normalized spacial score (nSPS) is 18.6. The van der Waals surface area contributed by atoms with E-state index in [1.54, 1.807) is 60.4 Å². The maximum atomic E-state index is 15.0. The van der Waals surface area contributed by atoms with Crippen molar-refractivity contribution in [2.75, 3.05) is 66.6 Å². The van der Waals surface area contributed by atoms with E-state index in [0.29, 0.717) is 67.3 Å². The molecule has 0 saturated carbocycles. The minimum absolute atomic E-state index is 0.0592. The van der Waals surface area contributed by atoms with Crippen LogP contribution in [0.4, 0.5) is 4.79 Å². The van der Waals surface area contributed by atoms with E-state index in [9.17, 15) is 13.2 Å². The molecule has 1 saturated heterocycles. The fourth-order valence-electron chi connectivity index (χ4n) is 6.84. The molecule has 1 fully saturated rings. The quantitative estimate of drug-likeness (QED) is 0.209. The number of nitrogens with zero attached hydrogens (tertiary/aromatic N) is 5. The van der Waals surface area contributed by atoms with Crippen molar-refractivity contribution in [3.05, 3.63) is 93.5 Å². The van der Waals surface area contributed by atoms with Crippen LogP contribution in [0.5, 0.6) is 5.75 Å². The molecule has 12 nitrogen and oxygen atoms in total. The number of nitrogens with one attached hydrogen (secondary N) is 1. The van der Waals surface area contributed by atoms with E-state index in [-0.39, 0.29) is 41.2 Å². The van der Waals surface area contributed by atoms with Gasteiger partial charge in [0.15, 0.2) is 0 Å². The number of amidine groups is 1. The third kappa shape index (κ3) is 9.74. The summed E-state index contributed by atoms with van der Waals surface area (Å²) >= 11 is 12.7. The van der Waals surface area contributed by atoms with Crippen LogP contribution in [0, 0.1) is 5.92 Å². The molecule has 54 heavy (non-hydrogen) atoms. The van der Waals surface area contributed by atoms with Crippen LogP contribution in [0.15, 0.2) is 76.6 Å². The molecule has 3 amide bonds. The summed E-state index contributed by atoms with van der Waals surface area (Å²) in [5, 5.41) is 4.04. The monoisotopic (exact) mass is 800 g/mol. The van der Waals surface area contributed by atoms with Gasteiger partial charge in [0.25, 0.3) is 0 Å². The van der Waals surface area contributed by atoms with Gasteiger partial charge in [0.05, 0.1) is 36.3 Å². The Bertz CT molecular complexity index is 1900. The molecule has 0 radical (unpaired) electrons. The van der Waals surface area contributed by atoms with E-state index >= 15 is 4.79 Å². The van der Waals surface area contributed by atoms with Crippen LogP contribution in [0.2, 0.25) is 10.0 Å². The zero-order valence-electron chi connectivity index (χ0n) is 31.7. The van der Waals surface area contributed by atoms with Gasteiger partial charge in [0.2, 0.25) is 15.9 Å². The maximum absolute atomic E-state index is 15.0. The molecule has 3 aromatic rings. The van der Waals surface area contributed by atoms with Crippen molar-refractivity contribution < 1.29 is 27.5 Å². The molecule has 15 heteroatoms. The molecule has 2 aliphatic rings. The number of carbonyl (C=O) groups excluding carboxylic acids is 2. The van der Waals surface area contributed by atoms with Crippen LogP contribution >= 0.6 is 23.2 Å². The van der Waals surface area contributed by atoms with Crippen LogP contribution in [0.3, 0.4) is 0 Å². The lowest BCUT2D eigenvalue weighted by molar-refractivity contribution is -0.123. The predicted molar refractivity (Wildman–Crippen MR) is 212 cm³/mol. The Hall–Kier alpha value is -3.72. The highest BCUT2D eigenvalue weighted by atomic mass is 35.5. The third-order valence-corrected chi connectivity index (χ3v) is 11.7.